The summed E-state index contributed by atoms with van der Waals surface area (Å²) in [7, 11) is 6.14. The monoisotopic (exact) mass is 1150 g/mol. The van der Waals surface area contributed by atoms with Gasteiger partial charge in [-0.1, -0.05) is 0 Å². The summed E-state index contributed by atoms with van der Waals surface area (Å²) in [4.78, 5) is 75.0. The van der Waals surface area contributed by atoms with Crippen LogP contribution in [0.3, 0.4) is 0 Å². The van der Waals surface area contributed by atoms with Gasteiger partial charge in [0.25, 0.3) is 0 Å². The third-order valence-corrected chi connectivity index (χ3v) is 9.04. The Morgan fingerprint density at radius 3 is 0.479 bits per heavy atom. The van der Waals surface area contributed by atoms with Crippen molar-refractivity contribution in [2.45, 2.75) is 6.36 Å². The molecule has 7 rings (SSSR count). The molecule has 0 aromatic carbocycles. The van der Waals surface area contributed by atoms with Crippen molar-refractivity contribution in [2.75, 3.05) is 190 Å². The molecule has 73 heavy (non-hydrogen) atoms. The van der Waals surface area contributed by atoms with Crippen LogP contribution >= 0.6 is 31.6 Å². The van der Waals surface area contributed by atoms with Crippen molar-refractivity contribution >= 4 is 76.0 Å². The minimum atomic E-state index is -6.16. The Hall–Kier alpha value is -3.60. The van der Waals surface area contributed by atoms with Gasteiger partial charge in [0.15, 0.2) is 0 Å². The number of likely N-dealkylation sites (N-methyl/N-ethyl adjacent to an activating group) is 14. The van der Waals surface area contributed by atoms with Crippen LogP contribution in [0.15, 0.2) is 0 Å². The fraction of sp³-hybridized carbons (Fsp3) is 0.806. The molecule has 7 aliphatic rings. The van der Waals surface area contributed by atoms with E-state index in [1.165, 1.54) is 91.6 Å². The van der Waals surface area contributed by atoms with Crippen molar-refractivity contribution < 1.29 is 119 Å². The van der Waals surface area contributed by atoms with E-state index in [4.69, 9.17) is 52.5 Å². The zero-order valence-corrected chi connectivity index (χ0v) is 47.6. The van der Waals surface area contributed by atoms with E-state index in [2.05, 4.69) is 209 Å². The van der Waals surface area contributed by atoms with E-state index in [-0.39, 0.29) is 0 Å². The maximum Gasteiger partial charge on any atom is 0.529 e. The molecule has 432 valence electrons. The van der Waals surface area contributed by atoms with Crippen LogP contribution in [0.2, 0.25) is 0 Å². The van der Waals surface area contributed by atoms with Crippen LogP contribution in [0.5, 0.6) is 0 Å². The number of alkyl halides is 3. The first-order valence-corrected chi connectivity index (χ1v) is 27.2. The molecule has 0 fully saturated rings. The quantitative estimate of drug-likeness (QED) is 0.135. The lowest BCUT2D eigenvalue weighted by Crippen LogP contribution is -2.14. The Morgan fingerprint density at radius 2 is 0.466 bits per heavy atom. The topological polar surface area (TPSA) is 283 Å². The molecule has 0 aromatic heterocycles. The summed E-state index contributed by atoms with van der Waals surface area (Å²) in [5.41, 5.74) is 0. The Kier molecular flexibility index (Phi) is 39.5. The summed E-state index contributed by atoms with van der Waals surface area (Å²) in [5, 5.41) is 0. The predicted octanol–water partition coefficient (Wildman–Crippen LogP) is -5.47. The fourth-order valence-corrected chi connectivity index (χ4v) is 5.74. The van der Waals surface area contributed by atoms with Crippen LogP contribution in [0, 0.1) is 0 Å². The molecule has 0 N–H and O–H groups in total. The average Bonchev–Trinajstić information content (AvgIpc) is 4.05. The SMILES string of the molecule is CN1C=[N+](C)CC1.CN1C=[N+](C)CC1.CN1C=[N+](C)CC1.CN1C=[N+](C)CC1.CN1C=[N+](C)CC1.CN1C=[N+](C)CC1.CN1C=[N+](C)CC1.O=P([O-])(F)OC(F)(F)F.O=P([O-])([O-])F.O=P([O-])([O-])F.O=P([O-])([O-])F. The molecule has 7 aliphatic heterocycles. The molecule has 0 saturated heterocycles. The van der Waals surface area contributed by atoms with Crippen LogP contribution in [-0.2, 0) is 22.8 Å². The summed E-state index contributed by atoms with van der Waals surface area (Å²) in [6.07, 6.45) is 9.31. The lowest BCUT2D eigenvalue weighted by Gasteiger charge is -2.15. The molecule has 37 heteroatoms. The van der Waals surface area contributed by atoms with Gasteiger partial charge in [0.05, 0.1) is 98.7 Å². The standard InChI is InChI=1S/7C5H11N2.CHF4O3P.3FH2O3P/c7*1-6-3-4-7(2)5-6;2-1(3,4)8-9(5,6)7;3*1-5(2,3)4/h7*5H,3-4H2,1-2H3;(H,6,7);3*(H2,2,3,4)/q7*+1;;;;/p-7. The summed E-state index contributed by atoms with van der Waals surface area (Å²) >= 11 is 0. The predicted molar refractivity (Wildman–Crippen MR) is 250 cm³/mol. The van der Waals surface area contributed by atoms with Gasteiger partial charge in [0, 0.05) is 0 Å². The zero-order chi connectivity index (χ0) is 58.1. The number of hydrogen-bond donors (Lipinski definition) is 0. The molecule has 1 atom stereocenters. The van der Waals surface area contributed by atoms with Crippen LogP contribution in [0.25, 0.3) is 0 Å². The summed E-state index contributed by atoms with van der Waals surface area (Å²) in [6, 6.07) is 0. The Bertz CT molecular complexity index is 1680. The second-order valence-electron chi connectivity index (χ2n) is 16.8. The first-order chi connectivity index (χ1) is 32.7. The van der Waals surface area contributed by atoms with E-state index in [0.717, 1.165) is 0 Å². The second-order valence-corrected chi connectivity index (χ2v) is 20.4. The summed E-state index contributed by atoms with van der Waals surface area (Å²) in [5.74, 6) is 0. The van der Waals surface area contributed by atoms with Crippen molar-refractivity contribution in [3.63, 3.8) is 0 Å². The molecule has 0 bridgehead atoms. The van der Waals surface area contributed by atoms with Crippen molar-refractivity contribution in [1.29, 1.82) is 0 Å². The van der Waals surface area contributed by atoms with Crippen molar-refractivity contribution in [2.24, 2.45) is 0 Å². The molecule has 0 amide bonds. The number of hydrogen-bond acceptors (Lipinski definition) is 19. The highest BCUT2D eigenvalue weighted by atomic mass is 31.2. The van der Waals surface area contributed by atoms with Gasteiger partial charge < -0.3 is 47.9 Å². The van der Waals surface area contributed by atoms with Crippen molar-refractivity contribution in [3.05, 3.63) is 0 Å². The van der Waals surface area contributed by atoms with E-state index in [1.807, 2.05) is 4.52 Å². The molecule has 0 radical (unpaired) electrons. The molecule has 0 aromatic rings. The van der Waals surface area contributed by atoms with Gasteiger partial charge in [-0.25, -0.2) is 17.1 Å². The average molecular weight is 1150 g/mol. The molecule has 0 spiro atoms. The molecular formula is C36H77F7N14O12P4. The lowest BCUT2D eigenvalue weighted by atomic mass is 10.6. The Morgan fingerprint density at radius 1 is 0.356 bits per heavy atom. The van der Waals surface area contributed by atoms with E-state index in [9.17, 15) is 30.0 Å². The van der Waals surface area contributed by atoms with Crippen molar-refractivity contribution in [1.82, 2.24) is 34.3 Å². The normalized spacial score (nSPS) is 18.4. The Labute approximate surface area is 425 Å². The van der Waals surface area contributed by atoms with Gasteiger partial charge in [-0.2, -0.15) is 4.20 Å². The second kappa shape index (κ2) is 38.0. The highest BCUT2D eigenvalue weighted by molar-refractivity contribution is 7.45. The van der Waals surface area contributed by atoms with Crippen LogP contribution in [0.4, 0.5) is 30.0 Å². The van der Waals surface area contributed by atoms with Gasteiger partial charge in [-0.3, -0.25) is 70.9 Å². The van der Waals surface area contributed by atoms with E-state index >= 15 is 0 Å². The van der Waals surface area contributed by atoms with E-state index < -0.39 is 38.0 Å². The Balaban J connectivity index is -0.000000360. The van der Waals surface area contributed by atoms with Crippen LogP contribution in [0.1, 0.15) is 0 Å². The zero-order valence-electron chi connectivity index (χ0n) is 44.0. The molecule has 0 saturated carbocycles. The van der Waals surface area contributed by atoms with Gasteiger partial charge in [0.2, 0.25) is 44.4 Å². The molecule has 7 heterocycles. The maximum atomic E-state index is 10.9. The minimum Gasteiger partial charge on any atom is -0.786 e. The highest BCUT2D eigenvalue weighted by Crippen LogP contribution is 2.44. The highest BCUT2D eigenvalue weighted by Gasteiger charge is 2.34. The smallest absolute Gasteiger partial charge is 0.529 e. The van der Waals surface area contributed by atoms with Crippen LogP contribution in [-0.4, -0.2) is 307 Å². The molecule has 26 nitrogen and oxygen atoms in total. The van der Waals surface area contributed by atoms with Gasteiger partial charge in [-0.15, -0.1) is 13.2 Å². The molecule has 0 aliphatic carbocycles. The third kappa shape index (κ3) is 70.5. The number of halogens is 7. The summed E-state index contributed by atoms with van der Waals surface area (Å²) < 4.78 is 125. The third-order valence-electron chi connectivity index (χ3n) is 8.61. The van der Waals surface area contributed by atoms with Crippen molar-refractivity contribution in [3.8, 4) is 0 Å². The number of nitrogens with zero attached hydrogens (tertiary/aromatic N) is 14. The van der Waals surface area contributed by atoms with Crippen LogP contribution < -0.4 is 34.3 Å². The van der Waals surface area contributed by atoms with Gasteiger partial charge in [-0.05, 0) is 0 Å². The van der Waals surface area contributed by atoms with Gasteiger partial charge in [0.1, 0.15) is 115 Å². The first-order valence-electron chi connectivity index (χ1n) is 21.4. The summed E-state index contributed by atoms with van der Waals surface area (Å²) in [6.45, 7) is 16.5. The van der Waals surface area contributed by atoms with E-state index in [0.29, 0.717) is 0 Å². The minimum absolute atomic E-state index is 1.18. The fourth-order valence-electron chi connectivity index (χ4n) is 5.50. The van der Waals surface area contributed by atoms with E-state index in [1.54, 1.807) is 0 Å². The maximum absolute atomic E-state index is 10.9. The van der Waals surface area contributed by atoms with Gasteiger partial charge >= 0.3 is 14.3 Å². The molecular weight excluding hydrogens is 1080 g/mol. The molecule has 1 unspecified atom stereocenters. The lowest BCUT2D eigenvalue weighted by molar-refractivity contribution is -0.482. The number of rotatable bonds is 1. The first kappa shape index (κ1) is 75.9. The largest absolute Gasteiger partial charge is 0.786 e.